The Hall–Kier alpha value is -6.78. The summed E-state index contributed by atoms with van der Waals surface area (Å²) in [7, 11) is 0. The zero-order valence-electron chi connectivity index (χ0n) is 26.8. The molecule has 8 aromatic carbocycles. The summed E-state index contributed by atoms with van der Waals surface area (Å²) in [6.45, 7) is 0. The molecule has 0 saturated heterocycles. The summed E-state index contributed by atoms with van der Waals surface area (Å²) >= 11 is 0. The molecule has 0 bridgehead atoms. The van der Waals surface area contributed by atoms with E-state index in [4.69, 9.17) is 9.97 Å². The van der Waals surface area contributed by atoms with Gasteiger partial charge in [0, 0.05) is 43.3 Å². The molecule has 4 nitrogen and oxygen atoms in total. The quantitative estimate of drug-likeness (QED) is 0.190. The Labute approximate surface area is 285 Å². The highest BCUT2D eigenvalue weighted by Crippen LogP contribution is 2.48. The van der Waals surface area contributed by atoms with Gasteiger partial charge in [-0.3, -0.25) is 4.57 Å². The standard InChI is InChI=1S/C46H26N4/c1-2-13-29-25-30(22-21-27(29)11-1)45-47-37-18-8-5-16-33(37)46(48-45)50-40-24-23-28-12-3-4-14-31(28)41(40)36-26-35-32-15-6-9-19-38(32)49-39-20-10-7-17-34(39)42(43(35)49)44(36)50/h1-26H. The molecule has 230 valence electrons. The molecule has 0 saturated carbocycles. The maximum Gasteiger partial charge on any atom is 0.162 e. The van der Waals surface area contributed by atoms with Crippen LogP contribution in [0.3, 0.4) is 0 Å². The van der Waals surface area contributed by atoms with Gasteiger partial charge >= 0.3 is 0 Å². The van der Waals surface area contributed by atoms with Crippen LogP contribution in [0.15, 0.2) is 158 Å². The number of hydrogen-bond donors (Lipinski definition) is 0. The van der Waals surface area contributed by atoms with Gasteiger partial charge in [0.2, 0.25) is 0 Å². The van der Waals surface area contributed by atoms with E-state index in [1.165, 1.54) is 75.9 Å². The van der Waals surface area contributed by atoms with E-state index in [0.29, 0.717) is 5.82 Å². The van der Waals surface area contributed by atoms with Gasteiger partial charge in [-0.1, -0.05) is 115 Å². The van der Waals surface area contributed by atoms with Gasteiger partial charge in [-0.25, -0.2) is 9.97 Å². The van der Waals surface area contributed by atoms with Crippen molar-refractivity contribution in [1.82, 2.24) is 18.9 Å². The van der Waals surface area contributed by atoms with E-state index < -0.39 is 0 Å². The van der Waals surface area contributed by atoms with Crippen molar-refractivity contribution in [3.8, 4) is 17.2 Å². The zero-order valence-corrected chi connectivity index (χ0v) is 26.8. The highest BCUT2D eigenvalue weighted by Gasteiger charge is 2.26. The molecular weight excluding hydrogens is 609 g/mol. The molecule has 50 heavy (non-hydrogen) atoms. The van der Waals surface area contributed by atoms with Crippen molar-refractivity contribution in [3.63, 3.8) is 0 Å². The number of fused-ring (bicyclic) bond motifs is 14. The maximum atomic E-state index is 5.52. The Morgan fingerprint density at radius 1 is 0.380 bits per heavy atom. The van der Waals surface area contributed by atoms with Gasteiger partial charge in [0.25, 0.3) is 0 Å². The summed E-state index contributed by atoms with van der Waals surface area (Å²) in [6, 6.07) is 56.9. The van der Waals surface area contributed by atoms with E-state index in [2.05, 4.69) is 167 Å². The lowest BCUT2D eigenvalue weighted by atomic mass is 10.0. The monoisotopic (exact) mass is 634 g/mol. The third-order valence-corrected chi connectivity index (χ3v) is 10.8. The Morgan fingerprint density at radius 3 is 1.90 bits per heavy atom. The zero-order chi connectivity index (χ0) is 32.5. The summed E-state index contributed by atoms with van der Waals surface area (Å²) in [5.41, 5.74) is 7.92. The molecule has 4 heteroatoms. The first kappa shape index (κ1) is 26.2. The first-order valence-corrected chi connectivity index (χ1v) is 17.1. The van der Waals surface area contributed by atoms with E-state index in [1.54, 1.807) is 0 Å². The maximum absolute atomic E-state index is 5.52. The summed E-state index contributed by atoms with van der Waals surface area (Å²) in [6.07, 6.45) is 0. The van der Waals surface area contributed by atoms with Gasteiger partial charge in [0.1, 0.15) is 5.82 Å². The lowest BCUT2D eigenvalue weighted by molar-refractivity contribution is 1.08. The molecular formula is C46H26N4. The Morgan fingerprint density at radius 2 is 1.04 bits per heavy atom. The van der Waals surface area contributed by atoms with Crippen LogP contribution in [-0.4, -0.2) is 18.9 Å². The SMILES string of the molecule is c1ccc2cc(-c3nc(-n4c5ccc6ccccc6c5c5cc6c7ccccc7n7c8ccccc8c(c54)c67)c4ccccc4n3)ccc2c1. The van der Waals surface area contributed by atoms with E-state index in [9.17, 15) is 0 Å². The molecule has 0 amide bonds. The molecule has 4 aromatic heterocycles. The molecule has 0 radical (unpaired) electrons. The first-order valence-electron chi connectivity index (χ1n) is 17.1. The van der Waals surface area contributed by atoms with Crippen molar-refractivity contribution >= 4 is 92.3 Å². The molecule has 0 atom stereocenters. The normalized spacial score (nSPS) is 12.4. The average Bonchev–Trinajstić information content (AvgIpc) is 3.82. The Bertz CT molecular complexity index is 3380. The van der Waals surface area contributed by atoms with E-state index in [0.717, 1.165) is 27.8 Å². The smallest absolute Gasteiger partial charge is 0.162 e. The van der Waals surface area contributed by atoms with Crippen LogP contribution in [0.4, 0.5) is 0 Å². The minimum Gasteiger partial charge on any atom is -0.308 e. The van der Waals surface area contributed by atoms with Crippen LogP contribution in [0.1, 0.15) is 0 Å². The fourth-order valence-electron chi connectivity index (χ4n) is 8.68. The van der Waals surface area contributed by atoms with E-state index in [-0.39, 0.29) is 0 Å². The van der Waals surface area contributed by atoms with E-state index in [1.807, 2.05) is 0 Å². The van der Waals surface area contributed by atoms with Gasteiger partial charge in [0.15, 0.2) is 5.82 Å². The predicted molar refractivity (Wildman–Crippen MR) is 209 cm³/mol. The van der Waals surface area contributed by atoms with Crippen molar-refractivity contribution in [2.45, 2.75) is 0 Å². The summed E-state index contributed by atoms with van der Waals surface area (Å²) < 4.78 is 4.90. The van der Waals surface area contributed by atoms with E-state index >= 15 is 0 Å². The second-order valence-corrected chi connectivity index (χ2v) is 13.4. The lowest BCUT2D eigenvalue weighted by Gasteiger charge is -2.14. The van der Waals surface area contributed by atoms with Crippen LogP contribution in [0.2, 0.25) is 0 Å². The lowest BCUT2D eigenvalue weighted by Crippen LogP contribution is -2.03. The molecule has 0 unspecified atom stereocenters. The van der Waals surface area contributed by atoms with Crippen molar-refractivity contribution in [1.29, 1.82) is 0 Å². The number of benzene rings is 8. The molecule has 4 heterocycles. The molecule has 0 fully saturated rings. The van der Waals surface area contributed by atoms with Crippen molar-refractivity contribution in [2.75, 3.05) is 0 Å². The largest absolute Gasteiger partial charge is 0.308 e. The number of aromatic nitrogens is 4. The minimum atomic E-state index is 0.715. The number of hydrogen-bond acceptors (Lipinski definition) is 2. The molecule has 0 spiro atoms. The number of nitrogens with zero attached hydrogens (tertiary/aromatic N) is 4. The van der Waals surface area contributed by atoms with Crippen LogP contribution in [0, 0.1) is 0 Å². The molecule has 0 aliphatic carbocycles. The second kappa shape index (κ2) is 9.43. The average molecular weight is 635 g/mol. The summed E-state index contributed by atoms with van der Waals surface area (Å²) in [4.78, 5) is 10.7. The first-order chi connectivity index (χ1) is 24.8. The van der Waals surface area contributed by atoms with Gasteiger partial charge in [-0.15, -0.1) is 0 Å². The van der Waals surface area contributed by atoms with Gasteiger partial charge in [-0.05, 0) is 64.0 Å². The minimum absolute atomic E-state index is 0.715. The molecule has 0 aliphatic rings. The summed E-state index contributed by atoms with van der Waals surface area (Å²) in [5, 5.41) is 13.4. The molecule has 0 N–H and O–H groups in total. The predicted octanol–water partition coefficient (Wildman–Crippen LogP) is 11.9. The molecule has 12 aromatic rings. The summed E-state index contributed by atoms with van der Waals surface area (Å²) in [5.74, 6) is 1.60. The number of rotatable bonds is 2. The molecule has 0 aliphatic heterocycles. The highest BCUT2D eigenvalue weighted by atomic mass is 15.1. The van der Waals surface area contributed by atoms with Crippen molar-refractivity contribution < 1.29 is 0 Å². The van der Waals surface area contributed by atoms with Crippen LogP contribution in [-0.2, 0) is 0 Å². The third kappa shape index (κ3) is 3.30. The van der Waals surface area contributed by atoms with Crippen molar-refractivity contribution in [3.05, 3.63) is 158 Å². The van der Waals surface area contributed by atoms with Crippen LogP contribution in [0.25, 0.3) is 110 Å². The fourth-order valence-corrected chi connectivity index (χ4v) is 8.68. The highest BCUT2D eigenvalue weighted by molar-refractivity contribution is 6.36. The topological polar surface area (TPSA) is 35.1 Å². The van der Waals surface area contributed by atoms with Gasteiger partial charge in [-0.2, -0.15) is 0 Å². The van der Waals surface area contributed by atoms with Crippen molar-refractivity contribution in [2.24, 2.45) is 0 Å². The Balaban J connectivity index is 1.34. The van der Waals surface area contributed by atoms with Crippen LogP contribution < -0.4 is 0 Å². The third-order valence-electron chi connectivity index (χ3n) is 10.8. The molecule has 12 rings (SSSR count). The number of para-hydroxylation sites is 3. The van der Waals surface area contributed by atoms with Gasteiger partial charge < -0.3 is 4.40 Å². The van der Waals surface area contributed by atoms with Crippen LogP contribution >= 0.6 is 0 Å². The second-order valence-electron chi connectivity index (χ2n) is 13.4. The Kier molecular flexibility index (Phi) is 4.94. The van der Waals surface area contributed by atoms with Crippen LogP contribution in [0.5, 0.6) is 0 Å². The van der Waals surface area contributed by atoms with Gasteiger partial charge in [0.05, 0.1) is 33.1 Å². The fraction of sp³-hybridized carbons (Fsp3) is 0.